The SMILES string of the molecule is NCCC1(CCc2ccc(Cl)s2)CCCCC1. The number of aryl methyl sites for hydroxylation is 1. The predicted molar refractivity (Wildman–Crippen MR) is 76.8 cm³/mol. The molecule has 0 spiro atoms. The van der Waals surface area contributed by atoms with E-state index in [0.29, 0.717) is 5.41 Å². The van der Waals surface area contributed by atoms with E-state index >= 15 is 0 Å². The summed E-state index contributed by atoms with van der Waals surface area (Å²) in [5, 5.41) is 0. The third-order valence-electron chi connectivity index (χ3n) is 4.12. The maximum atomic E-state index is 5.98. The molecule has 96 valence electrons. The van der Waals surface area contributed by atoms with Crippen LogP contribution in [0.1, 0.15) is 49.8 Å². The first-order valence-corrected chi connectivity index (χ1v) is 7.88. The van der Waals surface area contributed by atoms with Crippen LogP contribution in [0.2, 0.25) is 4.34 Å². The van der Waals surface area contributed by atoms with Gasteiger partial charge in [-0.05, 0) is 56.2 Å². The van der Waals surface area contributed by atoms with Crippen molar-refractivity contribution in [2.45, 2.75) is 51.4 Å². The van der Waals surface area contributed by atoms with Crippen molar-refractivity contribution < 1.29 is 0 Å². The quantitative estimate of drug-likeness (QED) is 0.830. The Morgan fingerprint density at radius 3 is 2.53 bits per heavy atom. The molecule has 17 heavy (non-hydrogen) atoms. The second-order valence-electron chi connectivity index (χ2n) is 5.31. The fraction of sp³-hybridized carbons (Fsp3) is 0.714. The third kappa shape index (κ3) is 3.70. The summed E-state index contributed by atoms with van der Waals surface area (Å²) in [6.45, 7) is 0.838. The lowest BCUT2D eigenvalue weighted by molar-refractivity contribution is 0.161. The second kappa shape index (κ2) is 6.21. The average Bonchev–Trinajstić information content (AvgIpc) is 2.75. The Balaban J connectivity index is 1.93. The standard InChI is InChI=1S/C14H22ClNS/c15-13-5-4-12(17-13)6-9-14(10-11-16)7-2-1-3-8-14/h4-5H,1-3,6-11,16H2. The van der Waals surface area contributed by atoms with Gasteiger partial charge in [-0.15, -0.1) is 11.3 Å². The fourth-order valence-electron chi connectivity index (χ4n) is 3.11. The van der Waals surface area contributed by atoms with Crippen molar-refractivity contribution in [1.82, 2.24) is 0 Å². The van der Waals surface area contributed by atoms with Crippen LogP contribution in [-0.2, 0) is 6.42 Å². The fourth-order valence-corrected chi connectivity index (χ4v) is 4.19. The van der Waals surface area contributed by atoms with E-state index in [1.54, 1.807) is 11.3 Å². The lowest BCUT2D eigenvalue weighted by Crippen LogP contribution is -2.27. The Kier molecular flexibility index (Phi) is 4.89. The number of thiophene rings is 1. The minimum absolute atomic E-state index is 0.531. The molecule has 1 heterocycles. The monoisotopic (exact) mass is 271 g/mol. The van der Waals surface area contributed by atoms with Crippen LogP contribution in [0.4, 0.5) is 0 Å². The molecule has 3 heteroatoms. The Bertz CT molecular complexity index is 336. The molecule has 2 rings (SSSR count). The molecule has 1 saturated carbocycles. The van der Waals surface area contributed by atoms with Crippen LogP contribution in [0.25, 0.3) is 0 Å². The highest BCUT2D eigenvalue weighted by molar-refractivity contribution is 7.16. The van der Waals surface area contributed by atoms with E-state index < -0.39 is 0 Å². The van der Waals surface area contributed by atoms with Gasteiger partial charge in [0.15, 0.2) is 0 Å². The molecule has 2 N–H and O–H groups in total. The normalized spacial score (nSPS) is 19.4. The number of halogens is 1. The van der Waals surface area contributed by atoms with Crippen LogP contribution in [0.15, 0.2) is 12.1 Å². The minimum Gasteiger partial charge on any atom is -0.330 e. The molecule has 1 aromatic rings. The van der Waals surface area contributed by atoms with Gasteiger partial charge in [0.25, 0.3) is 0 Å². The van der Waals surface area contributed by atoms with Crippen molar-refractivity contribution in [3.8, 4) is 0 Å². The minimum atomic E-state index is 0.531. The summed E-state index contributed by atoms with van der Waals surface area (Å²) in [7, 11) is 0. The van der Waals surface area contributed by atoms with E-state index in [2.05, 4.69) is 6.07 Å². The summed E-state index contributed by atoms with van der Waals surface area (Å²) in [5.41, 5.74) is 6.33. The molecule has 0 atom stereocenters. The van der Waals surface area contributed by atoms with Gasteiger partial charge in [0, 0.05) is 4.88 Å². The van der Waals surface area contributed by atoms with E-state index in [1.807, 2.05) is 6.07 Å². The van der Waals surface area contributed by atoms with Gasteiger partial charge in [0.2, 0.25) is 0 Å². The highest BCUT2D eigenvalue weighted by Gasteiger charge is 2.30. The Morgan fingerprint density at radius 2 is 1.94 bits per heavy atom. The zero-order chi connectivity index (χ0) is 12.1. The maximum Gasteiger partial charge on any atom is 0.0931 e. The van der Waals surface area contributed by atoms with Gasteiger partial charge in [-0.25, -0.2) is 0 Å². The van der Waals surface area contributed by atoms with Gasteiger partial charge in [0.1, 0.15) is 0 Å². The van der Waals surface area contributed by atoms with Gasteiger partial charge in [-0.3, -0.25) is 0 Å². The van der Waals surface area contributed by atoms with Crippen LogP contribution in [0.5, 0.6) is 0 Å². The molecule has 0 radical (unpaired) electrons. The summed E-state index contributed by atoms with van der Waals surface area (Å²) in [6.07, 6.45) is 10.6. The predicted octanol–water partition coefficient (Wildman–Crippen LogP) is 4.63. The molecule has 1 fully saturated rings. The first-order chi connectivity index (χ1) is 8.24. The molecule has 1 aliphatic carbocycles. The summed E-state index contributed by atoms with van der Waals surface area (Å²) < 4.78 is 0.913. The lowest BCUT2D eigenvalue weighted by atomic mass is 9.69. The van der Waals surface area contributed by atoms with Crippen LogP contribution in [0, 0.1) is 5.41 Å². The van der Waals surface area contributed by atoms with Crippen LogP contribution in [-0.4, -0.2) is 6.54 Å². The molecule has 1 aliphatic rings. The highest BCUT2D eigenvalue weighted by atomic mass is 35.5. The number of hydrogen-bond acceptors (Lipinski definition) is 2. The average molecular weight is 272 g/mol. The van der Waals surface area contributed by atoms with Crippen molar-refractivity contribution in [2.24, 2.45) is 11.1 Å². The van der Waals surface area contributed by atoms with Crippen molar-refractivity contribution in [2.75, 3.05) is 6.54 Å². The van der Waals surface area contributed by atoms with E-state index in [-0.39, 0.29) is 0 Å². The molecule has 0 aliphatic heterocycles. The zero-order valence-corrected chi connectivity index (χ0v) is 12.0. The van der Waals surface area contributed by atoms with E-state index in [1.165, 1.54) is 56.2 Å². The molecule has 1 nitrogen and oxygen atoms in total. The Labute approximate surface area is 113 Å². The summed E-state index contributed by atoms with van der Waals surface area (Å²) >= 11 is 7.70. The van der Waals surface area contributed by atoms with Crippen molar-refractivity contribution in [3.05, 3.63) is 21.3 Å². The molecule has 1 aromatic heterocycles. The zero-order valence-electron chi connectivity index (χ0n) is 10.4. The second-order valence-corrected chi connectivity index (χ2v) is 7.10. The molecular formula is C14H22ClNS. The van der Waals surface area contributed by atoms with E-state index in [4.69, 9.17) is 17.3 Å². The third-order valence-corrected chi connectivity index (χ3v) is 5.41. The lowest BCUT2D eigenvalue weighted by Gasteiger charge is -2.37. The number of rotatable bonds is 5. The van der Waals surface area contributed by atoms with Crippen LogP contribution >= 0.6 is 22.9 Å². The maximum absolute atomic E-state index is 5.98. The molecule has 0 saturated heterocycles. The van der Waals surface area contributed by atoms with Crippen LogP contribution in [0.3, 0.4) is 0 Å². The smallest absolute Gasteiger partial charge is 0.0931 e. The van der Waals surface area contributed by atoms with Gasteiger partial charge in [0.05, 0.1) is 4.34 Å². The molecule has 0 amide bonds. The van der Waals surface area contributed by atoms with E-state index in [0.717, 1.165) is 10.9 Å². The van der Waals surface area contributed by atoms with Gasteiger partial charge in [-0.2, -0.15) is 0 Å². The van der Waals surface area contributed by atoms with Crippen molar-refractivity contribution in [3.63, 3.8) is 0 Å². The highest BCUT2D eigenvalue weighted by Crippen LogP contribution is 2.43. The van der Waals surface area contributed by atoms with Gasteiger partial charge < -0.3 is 5.73 Å². The van der Waals surface area contributed by atoms with Crippen molar-refractivity contribution >= 4 is 22.9 Å². The Hall–Kier alpha value is -0.0500. The first-order valence-electron chi connectivity index (χ1n) is 6.68. The topological polar surface area (TPSA) is 26.0 Å². The molecule has 0 bridgehead atoms. The molecule has 0 aromatic carbocycles. The summed E-state index contributed by atoms with van der Waals surface area (Å²) in [4.78, 5) is 1.43. The Morgan fingerprint density at radius 1 is 1.18 bits per heavy atom. The van der Waals surface area contributed by atoms with Crippen molar-refractivity contribution in [1.29, 1.82) is 0 Å². The number of nitrogens with two attached hydrogens (primary N) is 1. The summed E-state index contributed by atoms with van der Waals surface area (Å²) in [5.74, 6) is 0. The molecular weight excluding hydrogens is 250 g/mol. The van der Waals surface area contributed by atoms with E-state index in [9.17, 15) is 0 Å². The first kappa shape index (κ1) is 13.4. The number of hydrogen-bond donors (Lipinski definition) is 1. The van der Waals surface area contributed by atoms with Gasteiger partial charge >= 0.3 is 0 Å². The largest absolute Gasteiger partial charge is 0.330 e. The summed E-state index contributed by atoms with van der Waals surface area (Å²) in [6, 6.07) is 4.18. The van der Waals surface area contributed by atoms with Gasteiger partial charge in [-0.1, -0.05) is 30.9 Å². The molecule has 0 unspecified atom stereocenters. The van der Waals surface area contributed by atoms with Crippen LogP contribution < -0.4 is 5.73 Å².